The van der Waals surface area contributed by atoms with Crippen LogP contribution in [0.2, 0.25) is 0 Å². The van der Waals surface area contributed by atoms with Gasteiger partial charge >= 0.3 is 0 Å². The van der Waals surface area contributed by atoms with Gasteiger partial charge in [0.15, 0.2) is 0 Å². The van der Waals surface area contributed by atoms with Crippen LogP contribution in [0, 0.1) is 6.92 Å². The molecular weight excluding hydrogens is 300 g/mol. The van der Waals surface area contributed by atoms with Gasteiger partial charge < -0.3 is 4.90 Å². The van der Waals surface area contributed by atoms with Crippen LogP contribution >= 0.6 is 11.3 Å². The Hall–Kier alpha value is -2.02. The van der Waals surface area contributed by atoms with Crippen molar-refractivity contribution in [3.63, 3.8) is 0 Å². The van der Waals surface area contributed by atoms with Crippen LogP contribution in [0.3, 0.4) is 0 Å². The number of aromatic nitrogens is 3. The van der Waals surface area contributed by atoms with Gasteiger partial charge in [-0.3, -0.25) is 9.59 Å². The Morgan fingerprint density at radius 3 is 3.09 bits per heavy atom. The number of aryl methyl sites for hydroxylation is 1. The Morgan fingerprint density at radius 2 is 2.32 bits per heavy atom. The molecule has 0 aromatic carbocycles. The lowest BCUT2D eigenvalue weighted by atomic mass is 9.99. The summed E-state index contributed by atoms with van der Waals surface area (Å²) in [5.74, 6) is 0.251. The average Bonchev–Trinajstić information content (AvgIpc) is 3.05. The molecule has 6 nitrogen and oxygen atoms in total. The molecule has 0 unspecified atom stereocenters. The molecule has 0 saturated carbocycles. The number of carbonyl (C=O) groups excluding carboxylic acids is 1. The second-order valence-corrected chi connectivity index (χ2v) is 6.45. The molecule has 3 heterocycles. The number of likely N-dealkylation sites (tertiary alicyclic amines) is 1. The molecule has 0 bridgehead atoms. The van der Waals surface area contributed by atoms with Gasteiger partial charge in [-0.1, -0.05) is 0 Å². The number of hydrogen-bond acceptors (Lipinski definition) is 5. The highest BCUT2D eigenvalue weighted by molar-refractivity contribution is 7.09. The van der Waals surface area contributed by atoms with Gasteiger partial charge in [-0.25, -0.2) is 9.67 Å². The first-order valence-corrected chi connectivity index (χ1v) is 8.23. The molecule has 7 heteroatoms. The van der Waals surface area contributed by atoms with Crippen LogP contribution in [0.25, 0.3) is 0 Å². The normalized spacial score (nSPS) is 18.4. The van der Waals surface area contributed by atoms with Crippen molar-refractivity contribution in [2.24, 2.45) is 0 Å². The van der Waals surface area contributed by atoms with Crippen molar-refractivity contribution >= 4 is 17.2 Å². The zero-order valence-corrected chi connectivity index (χ0v) is 13.3. The summed E-state index contributed by atoms with van der Waals surface area (Å²) in [4.78, 5) is 30.4. The number of nitrogens with zero attached hydrogens (tertiary/aromatic N) is 4. The smallest absolute Gasteiger partial charge is 0.267 e. The van der Waals surface area contributed by atoms with Gasteiger partial charge in [0, 0.05) is 36.7 Å². The molecule has 116 valence electrons. The molecule has 1 saturated heterocycles. The number of amides is 1. The summed E-state index contributed by atoms with van der Waals surface area (Å²) in [7, 11) is 0. The van der Waals surface area contributed by atoms with Crippen LogP contribution in [-0.4, -0.2) is 38.7 Å². The quantitative estimate of drug-likeness (QED) is 0.858. The predicted molar refractivity (Wildman–Crippen MR) is 83.9 cm³/mol. The SMILES string of the molecule is Cc1ccc(=O)n(CC(=O)N2CCC[C@@H](c3nccs3)C2)n1. The Labute approximate surface area is 132 Å². The van der Waals surface area contributed by atoms with Gasteiger partial charge in [-0.15, -0.1) is 11.3 Å². The zero-order chi connectivity index (χ0) is 15.5. The molecular formula is C15H18N4O2S. The van der Waals surface area contributed by atoms with Crippen LogP contribution in [0.4, 0.5) is 0 Å². The molecule has 2 aromatic heterocycles. The largest absolute Gasteiger partial charge is 0.340 e. The molecule has 1 atom stereocenters. The van der Waals surface area contributed by atoms with Crippen molar-refractivity contribution in [2.75, 3.05) is 13.1 Å². The minimum Gasteiger partial charge on any atom is -0.340 e. The third kappa shape index (κ3) is 3.24. The Balaban J connectivity index is 1.69. The maximum Gasteiger partial charge on any atom is 0.267 e. The summed E-state index contributed by atoms with van der Waals surface area (Å²) >= 11 is 1.63. The van der Waals surface area contributed by atoms with E-state index >= 15 is 0 Å². The molecule has 0 aliphatic carbocycles. The first-order chi connectivity index (χ1) is 10.6. The maximum absolute atomic E-state index is 12.5. The van der Waals surface area contributed by atoms with Gasteiger partial charge in [0.05, 0.1) is 10.7 Å². The standard InChI is InChI=1S/C15H18N4O2S/c1-11-4-5-13(20)19(17-11)10-14(21)18-7-2-3-12(9-18)15-16-6-8-22-15/h4-6,8,12H,2-3,7,9-10H2,1H3/t12-/m1/s1. The fourth-order valence-corrected chi connectivity index (χ4v) is 3.50. The van der Waals surface area contributed by atoms with Crippen molar-refractivity contribution in [3.05, 3.63) is 44.8 Å². The fraction of sp³-hybridized carbons (Fsp3) is 0.467. The highest BCUT2D eigenvalue weighted by atomic mass is 32.1. The number of carbonyl (C=O) groups is 1. The molecule has 1 aliphatic rings. The average molecular weight is 318 g/mol. The molecule has 3 rings (SSSR count). The fourth-order valence-electron chi connectivity index (χ4n) is 2.73. The van der Waals surface area contributed by atoms with Gasteiger partial charge in [-0.05, 0) is 25.8 Å². The number of hydrogen-bond donors (Lipinski definition) is 0. The van der Waals surface area contributed by atoms with Gasteiger partial charge in [0.25, 0.3) is 5.56 Å². The molecule has 1 amide bonds. The van der Waals surface area contributed by atoms with Crippen LogP contribution in [0.15, 0.2) is 28.5 Å². The molecule has 1 fully saturated rings. The van der Waals surface area contributed by atoms with Crippen molar-refractivity contribution in [2.45, 2.75) is 32.2 Å². The first kappa shape index (κ1) is 14.9. The van der Waals surface area contributed by atoms with E-state index in [-0.39, 0.29) is 18.0 Å². The summed E-state index contributed by atoms with van der Waals surface area (Å²) < 4.78 is 1.24. The van der Waals surface area contributed by atoms with Crippen LogP contribution in [0.5, 0.6) is 0 Å². The second kappa shape index (κ2) is 6.39. The third-order valence-electron chi connectivity index (χ3n) is 3.86. The summed E-state index contributed by atoms with van der Waals surface area (Å²) in [5.41, 5.74) is 0.485. The van der Waals surface area contributed by atoms with Gasteiger partial charge in [0.2, 0.25) is 5.91 Å². The maximum atomic E-state index is 12.5. The highest BCUT2D eigenvalue weighted by Gasteiger charge is 2.26. The number of thiazole rings is 1. The second-order valence-electron chi connectivity index (χ2n) is 5.52. The van der Waals surface area contributed by atoms with Crippen LogP contribution < -0.4 is 5.56 Å². The summed E-state index contributed by atoms with van der Waals surface area (Å²) in [6.07, 6.45) is 3.82. The van der Waals surface area contributed by atoms with E-state index in [0.717, 1.165) is 30.1 Å². The van der Waals surface area contributed by atoms with E-state index in [1.54, 1.807) is 30.5 Å². The van der Waals surface area contributed by atoms with Gasteiger partial charge in [-0.2, -0.15) is 5.10 Å². The van der Waals surface area contributed by atoms with E-state index in [1.165, 1.54) is 10.7 Å². The third-order valence-corrected chi connectivity index (χ3v) is 4.80. The van der Waals surface area contributed by atoms with Crippen molar-refractivity contribution in [1.29, 1.82) is 0 Å². The van der Waals surface area contributed by atoms with E-state index in [2.05, 4.69) is 10.1 Å². The first-order valence-electron chi connectivity index (χ1n) is 7.35. The highest BCUT2D eigenvalue weighted by Crippen LogP contribution is 2.28. The molecule has 22 heavy (non-hydrogen) atoms. The summed E-state index contributed by atoms with van der Waals surface area (Å²) in [5, 5.41) is 7.17. The predicted octanol–water partition coefficient (Wildman–Crippen LogP) is 1.41. The monoisotopic (exact) mass is 318 g/mol. The van der Waals surface area contributed by atoms with Crippen molar-refractivity contribution < 1.29 is 4.79 Å². The van der Waals surface area contributed by atoms with E-state index in [1.807, 2.05) is 10.3 Å². The minimum atomic E-state index is -0.243. The summed E-state index contributed by atoms with van der Waals surface area (Å²) in [6.45, 7) is 3.22. The lowest BCUT2D eigenvalue weighted by molar-refractivity contribution is -0.133. The van der Waals surface area contributed by atoms with E-state index in [9.17, 15) is 9.59 Å². The molecule has 0 N–H and O–H groups in total. The van der Waals surface area contributed by atoms with Gasteiger partial charge in [0.1, 0.15) is 6.54 Å². The Bertz CT molecular complexity index is 711. The number of piperidine rings is 1. The van der Waals surface area contributed by atoms with Crippen LogP contribution in [-0.2, 0) is 11.3 Å². The molecule has 0 spiro atoms. The molecule has 2 aromatic rings. The van der Waals surface area contributed by atoms with E-state index in [4.69, 9.17) is 0 Å². The topological polar surface area (TPSA) is 68.1 Å². The zero-order valence-electron chi connectivity index (χ0n) is 12.4. The Morgan fingerprint density at radius 1 is 1.45 bits per heavy atom. The van der Waals surface area contributed by atoms with Crippen molar-refractivity contribution in [3.8, 4) is 0 Å². The Kier molecular flexibility index (Phi) is 4.33. The molecule has 1 aliphatic heterocycles. The lowest BCUT2D eigenvalue weighted by Gasteiger charge is -2.31. The van der Waals surface area contributed by atoms with E-state index < -0.39 is 0 Å². The minimum absolute atomic E-state index is 0.00506. The van der Waals surface area contributed by atoms with E-state index in [0.29, 0.717) is 12.5 Å². The van der Waals surface area contributed by atoms with Crippen molar-refractivity contribution in [1.82, 2.24) is 19.7 Å². The van der Waals surface area contributed by atoms with Crippen LogP contribution in [0.1, 0.15) is 29.5 Å². The number of rotatable bonds is 3. The summed E-state index contributed by atoms with van der Waals surface area (Å²) in [6, 6.07) is 3.10. The molecule has 0 radical (unpaired) electrons. The lowest BCUT2D eigenvalue weighted by Crippen LogP contribution is -2.42.